The molecule has 100 valence electrons. The van der Waals surface area contributed by atoms with Gasteiger partial charge in [-0.25, -0.2) is 0 Å². The molecule has 2 aliphatic carbocycles. The molecule has 0 radical (unpaired) electrons. The van der Waals surface area contributed by atoms with Gasteiger partial charge in [0.2, 0.25) is 0 Å². The standard InChI is InChI=1S/C16H30O/c1-2-13-7-10-15(11-8-13)16(17)12-9-14-5-3-4-6-14/h13-17H,2-12H2,1H3. The van der Waals surface area contributed by atoms with E-state index in [9.17, 15) is 5.11 Å². The van der Waals surface area contributed by atoms with Gasteiger partial charge in [-0.15, -0.1) is 0 Å². The van der Waals surface area contributed by atoms with Gasteiger partial charge in [0.1, 0.15) is 0 Å². The van der Waals surface area contributed by atoms with Crippen LogP contribution in [0.15, 0.2) is 0 Å². The minimum absolute atomic E-state index is 0.00778. The molecule has 2 rings (SSSR count). The van der Waals surface area contributed by atoms with Crippen LogP contribution in [0.25, 0.3) is 0 Å². The zero-order valence-corrected chi connectivity index (χ0v) is 11.5. The van der Waals surface area contributed by atoms with Crippen LogP contribution in [0.5, 0.6) is 0 Å². The first kappa shape index (κ1) is 13.4. The second-order valence-electron chi connectivity index (χ2n) is 6.48. The van der Waals surface area contributed by atoms with E-state index < -0.39 is 0 Å². The summed E-state index contributed by atoms with van der Waals surface area (Å²) in [5.41, 5.74) is 0. The van der Waals surface area contributed by atoms with E-state index in [1.165, 1.54) is 64.2 Å². The molecule has 1 heteroatoms. The third-order valence-corrected chi connectivity index (χ3v) is 5.36. The normalized spacial score (nSPS) is 32.8. The molecule has 0 aromatic heterocycles. The van der Waals surface area contributed by atoms with E-state index in [-0.39, 0.29) is 6.10 Å². The molecule has 0 heterocycles. The van der Waals surface area contributed by atoms with E-state index in [4.69, 9.17) is 0 Å². The van der Waals surface area contributed by atoms with E-state index in [2.05, 4.69) is 6.92 Å². The summed E-state index contributed by atoms with van der Waals surface area (Å²) in [5.74, 6) is 2.52. The van der Waals surface area contributed by atoms with Crippen molar-refractivity contribution in [3.05, 3.63) is 0 Å². The maximum atomic E-state index is 10.3. The summed E-state index contributed by atoms with van der Waals surface area (Å²) in [6.07, 6.45) is 14.7. The monoisotopic (exact) mass is 238 g/mol. The van der Waals surface area contributed by atoms with Gasteiger partial charge in [-0.2, -0.15) is 0 Å². The van der Waals surface area contributed by atoms with E-state index in [1.54, 1.807) is 0 Å². The van der Waals surface area contributed by atoms with E-state index in [0.717, 1.165) is 18.3 Å². The zero-order chi connectivity index (χ0) is 12.1. The quantitative estimate of drug-likeness (QED) is 0.746. The highest BCUT2D eigenvalue weighted by Crippen LogP contribution is 2.35. The van der Waals surface area contributed by atoms with E-state index >= 15 is 0 Å². The first-order valence-corrected chi connectivity index (χ1v) is 7.97. The van der Waals surface area contributed by atoms with Crippen LogP contribution >= 0.6 is 0 Å². The van der Waals surface area contributed by atoms with Gasteiger partial charge < -0.3 is 5.11 Å². The van der Waals surface area contributed by atoms with Crippen molar-refractivity contribution in [2.24, 2.45) is 17.8 Å². The molecule has 0 bridgehead atoms. The summed E-state index contributed by atoms with van der Waals surface area (Å²) < 4.78 is 0. The van der Waals surface area contributed by atoms with Gasteiger partial charge in [0.25, 0.3) is 0 Å². The molecule has 17 heavy (non-hydrogen) atoms. The first-order chi connectivity index (χ1) is 8.29. The number of aliphatic hydroxyl groups excluding tert-OH is 1. The summed E-state index contributed by atoms with van der Waals surface area (Å²) in [4.78, 5) is 0. The predicted molar refractivity (Wildman–Crippen MR) is 72.9 cm³/mol. The summed E-state index contributed by atoms with van der Waals surface area (Å²) in [6.45, 7) is 2.31. The van der Waals surface area contributed by atoms with Gasteiger partial charge >= 0.3 is 0 Å². The fourth-order valence-electron chi connectivity index (χ4n) is 3.92. The molecule has 0 aromatic rings. The van der Waals surface area contributed by atoms with Crippen molar-refractivity contribution >= 4 is 0 Å². The van der Waals surface area contributed by atoms with Crippen LogP contribution in [0.3, 0.4) is 0 Å². The molecule has 1 nitrogen and oxygen atoms in total. The van der Waals surface area contributed by atoms with Crippen molar-refractivity contribution in [2.75, 3.05) is 0 Å². The average molecular weight is 238 g/mol. The largest absolute Gasteiger partial charge is 0.393 e. The molecule has 2 aliphatic rings. The molecular formula is C16H30O. The lowest BCUT2D eigenvalue weighted by molar-refractivity contribution is 0.0611. The smallest absolute Gasteiger partial charge is 0.0568 e. The predicted octanol–water partition coefficient (Wildman–Crippen LogP) is 4.53. The van der Waals surface area contributed by atoms with Crippen molar-refractivity contribution in [3.63, 3.8) is 0 Å². The summed E-state index contributed by atoms with van der Waals surface area (Å²) >= 11 is 0. The highest BCUT2D eigenvalue weighted by Gasteiger charge is 2.26. The molecule has 2 saturated carbocycles. The van der Waals surface area contributed by atoms with Crippen LogP contribution in [0, 0.1) is 17.8 Å². The first-order valence-electron chi connectivity index (χ1n) is 7.97. The molecule has 0 aliphatic heterocycles. The molecule has 0 aromatic carbocycles. The lowest BCUT2D eigenvalue weighted by Crippen LogP contribution is -2.26. The number of rotatable bonds is 5. The Balaban J connectivity index is 1.64. The van der Waals surface area contributed by atoms with Crippen LogP contribution in [0.2, 0.25) is 0 Å². The van der Waals surface area contributed by atoms with Crippen LogP contribution in [-0.2, 0) is 0 Å². The van der Waals surface area contributed by atoms with Gasteiger partial charge in [-0.1, -0.05) is 51.9 Å². The second-order valence-corrected chi connectivity index (χ2v) is 6.48. The Bertz CT molecular complexity index is 200. The third kappa shape index (κ3) is 3.98. The van der Waals surface area contributed by atoms with Crippen molar-refractivity contribution in [1.29, 1.82) is 0 Å². The average Bonchev–Trinajstić information content (AvgIpc) is 2.89. The molecule has 0 saturated heterocycles. The SMILES string of the molecule is CCC1CCC(C(O)CCC2CCCC2)CC1. The number of hydrogen-bond acceptors (Lipinski definition) is 1. The van der Waals surface area contributed by atoms with Crippen LogP contribution in [0.1, 0.15) is 77.6 Å². The van der Waals surface area contributed by atoms with Crippen molar-refractivity contribution in [2.45, 2.75) is 83.7 Å². The third-order valence-electron chi connectivity index (χ3n) is 5.36. The van der Waals surface area contributed by atoms with Gasteiger partial charge in [-0.05, 0) is 43.4 Å². The molecular weight excluding hydrogens is 208 g/mol. The number of aliphatic hydroxyl groups is 1. The second kappa shape index (κ2) is 6.78. The minimum atomic E-state index is 0.00778. The fraction of sp³-hybridized carbons (Fsp3) is 1.00. The summed E-state index contributed by atoms with van der Waals surface area (Å²) in [5, 5.41) is 10.3. The molecule has 1 atom stereocenters. The highest BCUT2D eigenvalue weighted by molar-refractivity contribution is 4.78. The van der Waals surface area contributed by atoms with Crippen LogP contribution in [0.4, 0.5) is 0 Å². The van der Waals surface area contributed by atoms with Gasteiger partial charge in [0.15, 0.2) is 0 Å². The topological polar surface area (TPSA) is 20.2 Å². The van der Waals surface area contributed by atoms with Gasteiger partial charge in [0.05, 0.1) is 6.10 Å². The number of hydrogen-bond donors (Lipinski definition) is 1. The maximum Gasteiger partial charge on any atom is 0.0568 e. The summed E-state index contributed by atoms with van der Waals surface area (Å²) in [6, 6.07) is 0. The minimum Gasteiger partial charge on any atom is -0.393 e. The Morgan fingerprint density at radius 3 is 2.18 bits per heavy atom. The van der Waals surface area contributed by atoms with Crippen molar-refractivity contribution in [1.82, 2.24) is 0 Å². The van der Waals surface area contributed by atoms with Crippen molar-refractivity contribution < 1.29 is 5.11 Å². The molecule has 0 spiro atoms. The van der Waals surface area contributed by atoms with Crippen LogP contribution < -0.4 is 0 Å². The Morgan fingerprint density at radius 2 is 1.59 bits per heavy atom. The van der Waals surface area contributed by atoms with Gasteiger partial charge in [-0.3, -0.25) is 0 Å². The zero-order valence-electron chi connectivity index (χ0n) is 11.5. The molecule has 1 N–H and O–H groups in total. The Labute approximate surface area is 107 Å². The van der Waals surface area contributed by atoms with Crippen molar-refractivity contribution in [3.8, 4) is 0 Å². The van der Waals surface area contributed by atoms with Gasteiger partial charge in [0, 0.05) is 0 Å². The van der Waals surface area contributed by atoms with Crippen LogP contribution in [-0.4, -0.2) is 11.2 Å². The lowest BCUT2D eigenvalue weighted by atomic mass is 9.77. The molecule has 2 fully saturated rings. The fourth-order valence-corrected chi connectivity index (χ4v) is 3.92. The highest BCUT2D eigenvalue weighted by atomic mass is 16.3. The Morgan fingerprint density at radius 1 is 0.941 bits per heavy atom. The van der Waals surface area contributed by atoms with E-state index in [0.29, 0.717) is 5.92 Å². The molecule has 0 amide bonds. The van der Waals surface area contributed by atoms with E-state index in [1.807, 2.05) is 0 Å². The Hall–Kier alpha value is -0.0400. The summed E-state index contributed by atoms with van der Waals surface area (Å²) in [7, 11) is 0. The Kier molecular flexibility index (Phi) is 5.34. The maximum absolute atomic E-state index is 10.3. The lowest BCUT2D eigenvalue weighted by Gasteiger charge is -2.31. The molecule has 1 unspecified atom stereocenters.